The predicted octanol–water partition coefficient (Wildman–Crippen LogP) is 2.66. The highest BCUT2D eigenvalue weighted by atomic mass is 31.2. The smallest absolute Gasteiger partial charge is 0.462 e. The van der Waals surface area contributed by atoms with Gasteiger partial charge in [-0.3, -0.25) is 18.6 Å². The van der Waals surface area contributed by atoms with Crippen molar-refractivity contribution in [1.29, 1.82) is 0 Å². The van der Waals surface area contributed by atoms with Crippen molar-refractivity contribution in [2.24, 2.45) is 0 Å². The zero-order chi connectivity index (χ0) is 21.6. The first-order chi connectivity index (χ1) is 13.0. The Balaban J connectivity index is 4.60. The Kier molecular flexibility index (Phi) is 13.6. The third kappa shape index (κ3) is 16.0. The van der Waals surface area contributed by atoms with E-state index in [1.54, 1.807) is 0 Å². The normalized spacial score (nSPS) is 14.9. The number of carbonyl (C=O) groups excluding carboxylic acids is 2. The minimum absolute atomic E-state index is 0.0320. The summed E-state index contributed by atoms with van der Waals surface area (Å²) < 4.78 is 32.7. The van der Waals surface area contributed by atoms with E-state index in [-0.39, 0.29) is 26.1 Å². The number of carbonyl (C=O) groups is 2. The monoisotopic (exact) mass is 426 g/mol. The summed E-state index contributed by atoms with van der Waals surface area (Å²) in [5.41, 5.74) is 0. The number of ether oxygens (including phenoxy) is 2. The Morgan fingerprint density at radius 2 is 1.54 bits per heavy atom. The van der Waals surface area contributed by atoms with Gasteiger partial charge in [-0.25, -0.2) is 4.57 Å². The number of hydrogen-bond acceptors (Lipinski definition) is 7. The summed E-state index contributed by atoms with van der Waals surface area (Å²) in [6, 6.07) is 0. The lowest BCUT2D eigenvalue weighted by atomic mass is 10.2. The molecule has 0 radical (unpaired) electrons. The quantitative estimate of drug-likeness (QED) is 0.228. The van der Waals surface area contributed by atoms with E-state index in [9.17, 15) is 19.0 Å². The lowest BCUT2D eigenvalue weighted by molar-refractivity contribution is -0.870. The van der Waals surface area contributed by atoms with Gasteiger partial charge in [0.25, 0.3) is 0 Å². The number of quaternary nitrogens is 1. The molecule has 0 heterocycles. The van der Waals surface area contributed by atoms with Crippen LogP contribution in [0.1, 0.15) is 52.4 Å². The summed E-state index contributed by atoms with van der Waals surface area (Å²) in [6.45, 7) is 3.80. The number of unbranched alkanes of at least 4 members (excludes halogenated alkanes) is 2. The number of rotatable bonds is 16. The molecule has 0 saturated heterocycles. The highest BCUT2D eigenvalue weighted by molar-refractivity contribution is 7.47. The molecule has 0 aliphatic carbocycles. The van der Waals surface area contributed by atoms with E-state index < -0.39 is 32.5 Å². The molecule has 2 unspecified atom stereocenters. The number of nitrogens with zero attached hydrogens (tertiary/aromatic N) is 1. The van der Waals surface area contributed by atoms with Crippen LogP contribution in [0, 0.1) is 0 Å². The van der Waals surface area contributed by atoms with E-state index >= 15 is 0 Å². The van der Waals surface area contributed by atoms with Crippen LogP contribution in [-0.4, -0.2) is 74.9 Å². The third-order valence-electron chi connectivity index (χ3n) is 3.64. The number of hydrogen-bond donors (Lipinski definition) is 1. The topological polar surface area (TPSA) is 108 Å². The molecule has 0 aromatic carbocycles. The van der Waals surface area contributed by atoms with Crippen molar-refractivity contribution in [3.05, 3.63) is 0 Å². The van der Waals surface area contributed by atoms with Gasteiger partial charge in [-0.2, -0.15) is 0 Å². The van der Waals surface area contributed by atoms with E-state index in [2.05, 4.69) is 0 Å². The van der Waals surface area contributed by atoms with E-state index in [1.807, 2.05) is 35.0 Å². The summed E-state index contributed by atoms with van der Waals surface area (Å²) in [6.07, 6.45) is 2.55. The fourth-order valence-corrected chi connectivity index (χ4v) is 2.65. The molecule has 1 N–H and O–H groups in total. The van der Waals surface area contributed by atoms with Crippen molar-refractivity contribution < 1.29 is 42.1 Å². The maximum Gasteiger partial charge on any atom is 0.472 e. The van der Waals surface area contributed by atoms with Gasteiger partial charge in [-0.1, -0.05) is 26.7 Å². The van der Waals surface area contributed by atoms with E-state index in [0.29, 0.717) is 23.9 Å². The van der Waals surface area contributed by atoms with Crippen LogP contribution in [0.15, 0.2) is 0 Å². The number of phosphoric acid groups is 1. The molecule has 0 aromatic rings. The van der Waals surface area contributed by atoms with Gasteiger partial charge in [0.2, 0.25) is 0 Å². The summed E-state index contributed by atoms with van der Waals surface area (Å²) >= 11 is 0. The van der Waals surface area contributed by atoms with E-state index in [4.69, 9.17) is 18.5 Å². The molecule has 2 atom stereocenters. The predicted molar refractivity (Wildman–Crippen MR) is 105 cm³/mol. The maximum atomic E-state index is 12.0. The molecule has 0 saturated carbocycles. The highest BCUT2D eigenvalue weighted by Crippen LogP contribution is 2.43. The Hall–Kier alpha value is -0.990. The molecule has 166 valence electrons. The third-order valence-corrected chi connectivity index (χ3v) is 4.62. The van der Waals surface area contributed by atoms with Gasteiger partial charge in [0.15, 0.2) is 6.10 Å². The fourth-order valence-electron chi connectivity index (χ4n) is 1.91. The molecule has 0 rings (SSSR count). The molecule has 0 aromatic heterocycles. The second-order valence-electron chi connectivity index (χ2n) is 7.61. The van der Waals surface area contributed by atoms with Crippen molar-refractivity contribution in [2.45, 2.75) is 58.5 Å². The van der Waals surface area contributed by atoms with Crippen molar-refractivity contribution in [3.8, 4) is 0 Å². The molecule has 0 spiro atoms. The van der Waals surface area contributed by atoms with Gasteiger partial charge >= 0.3 is 19.8 Å². The standard InChI is InChI=1S/C18H36NO8P/c1-6-8-10-17(20)24-14-16(27-18(21)11-9-7-2)15-26-28(22,23)25-13-12-19(3,4)5/h16H,6-15H2,1-5H3/p+1. The van der Waals surface area contributed by atoms with Crippen LogP contribution in [0.2, 0.25) is 0 Å². The minimum Gasteiger partial charge on any atom is -0.462 e. The summed E-state index contributed by atoms with van der Waals surface area (Å²) in [7, 11) is 1.46. The molecule has 0 fully saturated rings. The van der Waals surface area contributed by atoms with Gasteiger partial charge in [-0.15, -0.1) is 0 Å². The van der Waals surface area contributed by atoms with Crippen molar-refractivity contribution in [2.75, 3.05) is 47.5 Å². The van der Waals surface area contributed by atoms with Crippen LogP contribution in [0.5, 0.6) is 0 Å². The lowest BCUT2D eigenvalue weighted by Gasteiger charge is -2.24. The van der Waals surface area contributed by atoms with Crippen LogP contribution < -0.4 is 0 Å². The fraction of sp³-hybridized carbons (Fsp3) is 0.889. The van der Waals surface area contributed by atoms with Crippen molar-refractivity contribution in [3.63, 3.8) is 0 Å². The highest BCUT2D eigenvalue weighted by Gasteiger charge is 2.26. The molecular weight excluding hydrogens is 389 g/mol. The number of esters is 2. The molecule has 9 nitrogen and oxygen atoms in total. The summed E-state index contributed by atoms with van der Waals surface area (Å²) in [5.74, 6) is -0.887. The summed E-state index contributed by atoms with van der Waals surface area (Å²) in [4.78, 5) is 33.3. The van der Waals surface area contributed by atoms with E-state index in [1.165, 1.54) is 0 Å². The largest absolute Gasteiger partial charge is 0.472 e. The summed E-state index contributed by atoms with van der Waals surface area (Å²) in [5, 5.41) is 0. The first-order valence-corrected chi connectivity index (χ1v) is 11.3. The van der Waals surface area contributed by atoms with Crippen LogP contribution in [0.3, 0.4) is 0 Å². The number of phosphoric ester groups is 1. The molecule has 0 aliphatic heterocycles. The van der Waals surface area contributed by atoms with Crippen LogP contribution in [0.4, 0.5) is 0 Å². The number of likely N-dealkylation sites (N-methyl/N-ethyl adjacent to an activating group) is 1. The Bertz CT molecular complexity index is 506. The SMILES string of the molecule is CCCCC(=O)OCC(COP(=O)(O)OCC[N+](C)(C)C)OC(=O)CCCC. The molecular formula is C18H37NO8P+. The molecule has 10 heteroatoms. The van der Waals surface area contributed by atoms with Gasteiger partial charge in [0.05, 0.1) is 27.7 Å². The van der Waals surface area contributed by atoms with Crippen LogP contribution in [-0.2, 0) is 32.7 Å². The second-order valence-corrected chi connectivity index (χ2v) is 9.07. The van der Waals surface area contributed by atoms with Gasteiger partial charge in [0.1, 0.15) is 19.8 Å². The second kappa shape index (κ2) is 14.1. The molecule has 0 aliphatic rings. The Morgan fingerprint density at radius 1 is 0.964 bits per heavy atom. The van der Waals surface area contributed by atoms with Gasteiger partial charge < -0.3 is 18.9 Å². The minimum atomic E-state index is -4.30. The van der Waals surface area contributed by atoms with Crippen molar-refractivity contribution in [1.82, 2.24) is 0 Å². The molecule has 0 bridgehead atoms. The average molecular weight is 426 g/mol. The van der Waals surface area contributed by atoms with Gasteiger partial charge in [0, 0.05) is 12.8 Å². The average Bonchev–Trinajstić information content (AvgIpc) is 2.59. The first kappa shape index (κ1) is 27.0. The zero-order valence-electron chi connectivity index (χ0n) is 17.8. The van der Waals surface area contributed by atoms with Crippen LogP contribution in [0.25, 0.3) is 0 Å². The maximum absolute atomic E-state index is 12.0. The lowest BCUT2D eigenvalue weighted by Crippen LogP contribution is -2.37. The molecule has 0 amide bonds. The Labute approximate surface area is 168 Å². The molecule has 28 heavy (non-hydrogen) atoms. The van der Waals surface area contributed by atoms with Crippen molar-refractivity contribution >= 4 is 19.8 Å². The zero-order valence-corrected chi connectivity index (χ0v) is 18.7. The van der Waals surface area contributed by atoms with E-state index in [0.717, 1.165) is 12.8 Å². The first-order valence-electron chi connectivity index (χ1n) is 9.76. The van der Waals surface area contributed by atoms with Crippen LogP contribution >= 0.6 is 7.82 Å². The van der Waals surface area contributed by atoms with Gasteiger partial charge in [-0.05, 0) is 12.8 Å². The Morgan fingerprint density at radius 3 is 2.07 bits per heavy atom.